The molecule has 4 nitrogen and oxygen atoms in total. The maximum atomic E-state index is 12.5. The summed E-state index contributed by atoms with van der Waals surface area (Å²) in [6, 6.07) is 7.18. The highest BCUT2D eigenvalue weighted by molar-refractivity contribution is 5.69. The molecule has 2 fully saturated rings. The molecule has 0 radical (unpaired) electrons. The molecule has 2 aromatic rings. The van der Waals surface area contributed by atoms with Gasteiger partial charge >= 0.3 is 12.4 Å². The summed E-state index contributed by atoms with van der Waals surface area (Å²) in [6.45, 7) is 3.48. The Balaban J connectivity index is 0.000000191. The number of benzene rings is 2. The summed E-state index contributed by atoms with van der Waals surface area (Å²) < 4.78 is 74.8. The monoisotopic (exact) mass is 488 g/mol. The molecule has 188 valence electrons. The summed E-state index contributed by atoms with van der Waals surface area (Å²) in [7, 11) is 0. The molecule has 0 unspecified atom stereocenters. The van der Waals surface area contributed by atoms with Crippen molar-refractivity contribution in [2.75, 3.05) is 47.4 Å². The van der Waals surface area contributed by atoms with Gasteiger partial charge in [0.1, 0.15) is 0 Å². The summed E-state index contributed by atoms with van der Waals surface area (Å²) in [5.41, 5.74) is 11.9. The minimum atomic E-state index is -4.32. The van der Waals surface area contributed by atoms with Crippen LogP contribution in [0.4, 0.5) is 49.1 Å². The summed E-state index contributed by atoms with van der Waals surface area (Å²) in [5, 5.41) is 0. The molecule has 4 rings (SSSR count). The van der Waals surface area contributed by atoms with Gasteiger partial charge in [0.05, 0.1) is 33.9 Å². The predicted molar refractivity (Wildman–Crippen MR) is 124 cm³/mol. The molecule has 2 aliphatic heterocycles. The Morgan fingerprint density at radius 2 is 0.853 bits per heavy atom. The molecule has 0 amide bonds. The topological polar surface area (TPSA) is 58.5 Å². The first-order valence-corrected chi connectivity index (χ1v) is 11.4. The number of hydrogen-bond acceptors (Lipinski definition) is 4. The van der Waals surface area contributed by atoms with E-state index in [4.69, 9.17) is 11.5 Å². The molecule has 0 spiro atoms. The first kappa shape index (κ1) is 25.8. The lowest BCUT2D eigenvalue weighted by atomic mass is 10.1. The van der Waals surface area contributed by atoms with Crippen molar-refractivity contribution < 1.29 is 26.3 Å². The van der Waals surface area contributed by atoms with E-state index in [2.05, 4.69) is 9.80 Å². The number of piperidine rings is 2. The molecular weight excluding hydrogens is 458 g/mol. The van der Waals surface area contributed by atoms with Crippen LogP contribution >= 0.6 is 0 Å². The normalized spacial score (nSPS) is 17.2. The van der Waals surface area contributed by atoms with Crippen LogP contribution in [-0.2, 0) is 12.4 Å². The van der Waals surface area contributed by atoms with Gasteiger partial charge in [-0.3, -0.25) is 0 Å². The van der Waals surface area contributed by atoms with Gasteiger partial charge in [-0.2, -0.15) is 26.3 Å². The van der Waals surface area contributed by atoms with Crippen molar-refractivity contribution in [3.8, 4) is 0 Å². The van der Waals surface area contributed by atoms with Gasteiger partial charge in [-0.15, -0.1) is 0 Å². The highest BCUT2D eigenvalue weighted by Gasteiger charge is 2.32. The van der Waals surface area contributed by atoms with Crippen LogP contribution in [0.2, 0.25) is 0 Å². The van der Waals surface area contributed by atoms with Crippen molar-refractivity contribution in [2.45, 2.75) is 50.9 Å². The van der Waals surface area contributed by atoms with Gasteiger partial charge in [-0.25, -0.2) is 0 Å². The molecule has 0 aliphatic carbocycles. The lowest BCUT2D eigenvalue weighted by Crippen LogP contribution is -2.30. The van der Waals surface area contributed by atoms with Gasteiger partial charge in [-0.05, 0) is 74.9 Å². The van der Waals surface area contributed by atoms with Crippen LogP contribution in [0, 0.1) is 0 Å². The third-order valence-corrected chi connectivity index (χ3v) is 6.10. The van der Waals surface area contributed by atoms with E-state index in [0.29, 0.717) is 0 Å². The molecule has 2 aliphatic rings. The summed E-state index contributed by atoms with van der Waals surface area (Å²) in [4.78, 5) is 4.11. The highest BCUT2D eigenvalue weighted by atomic mass is 19.4. The maximum Gasteiger partial charge on any atom is 0.416 e. The number of halogens is 6. The van der Waals surface area contributed by atoms with E-state index in [0.717, 1.165) is 87.5 Å². The first-order chi connectivity index (χ1) is 16.0. The lowest BCUT2D eigenvalue weighted by Gasteiger charge is -2.30. The van der Waals surface area contributed by atoms with E-state index in [1.807, 2.05) is 0 Å². The fourth-order valence-corrected chi connectivity index (χ4v) is 4.31. The predicted octanol–water partition coefficient (Wildman–Crippen LogP) is 6.56. The Labute approximate surface area is 195 Å². The van der Waals surface area contributed by atoms with Crippen LogP contribution in [0.25, 0.3) is 0 Å². The average Bonchev–Trinajstić information content (AvgIpc) is 2.79. The van der Waals surface area contributed by atoms with Crippen LogP contribution in [0.1, 0.15) is 49.7 Å². The molecular formula is C24H30F6N4. The lowest BCUT2D eigenvalue weighted by molar-refractivity contribution is -0.138. The number of hydrogen-bond donors (Lipinski definition) is 2. The Bertz CT molecular complexity index is 868. The van der Waals surface area contributed by atoms with Crippen LogP contribution < -0.4 is 21.3 Å². The smallest absolute Gasteiger partial charge is 0.397 e. The molecule has 0 atom stereocenters. The second-order valence-corrected chi connectivity index (χ2v) is 8.64. The van der Waals surface area contributed by atoms with E-state index in [1.165, 1.54) is 25.0 Å². The SMILES string of the molecule is Nc1cc(C(F)(F)F)ccc1N1CCCCC1.Nc1cc(C(F)(F)F)ccc1N1CCCCC1. The van der Waals surface area contributed by atoms with E-state index in [-0.39, 0.29) is 11.4 Å². The van der Waals surface area contributed by atoms with Gasteiger partial charge in [0.15, 0.2) is 0 Å². The maximum absolute atomic E-state index is 12.5. The first-order valence-electron chi connectivity index (χ1n) is 11.4. The number of nitrogens with zero attached hydrogens (tertiary/aromatic N) is 2. The number of alkyl halides is 6. The molecule has 2 aromatic carbocycles. The largest absolute Gasteiger partial charge is 0.416 e. The van der Waals surface area contributed by atoms with Crippen LogP contribution in [0.5, 0.6) is 0 Å². The van der Waals surface area contributed by atoms with Crippen LogP contribution in [0.15, 0.2) is 36.4 Å². The van der Waals surface area contributed by atoms with Crippen molar-refractivity contribution in [3.63, 3.8) is 0 Å². The van der Waals surface area contributed by atoms with Gasteiger partial charge < -0.3 is 21.3 Å². The molecule has 10 heteroatoms. The second kappa shape index (κ2) is 10.7. The number of rotatable bonds is 2. The third kappa shape index (κ3) is 6.64. The van der Waals surface area contributed by atoms with Crippen molar-refractivity contribution in [3.05, 3.63) is 47.5 Å². The third-order valence-electron chi connectivity index (χ3n) is 6.10. The summed E-state index contributed by atoms with van der Waals surface area (Å²) in [5.74, 6) is 0. The van der Waals surface area contributed by atoms with E-state index >= 15 is 0 Å². The fourth-order valence-electron chi connectivity index (χ4n) is 4.31. The fraction of sp³-hybridized carbons (Fsp3) is 0.500. The number of anilines is 4. The van der Waals surface area contributed by atoms with E-state index < -0.39 is 23.5 Å². The number of nitrogens with two attached hydrogens (primary N) is 2. The Morgan fingerprint density at radius 1 is 0.529 bits per heavy atom. The molecule has 0 aromatic heterocycles. The molecule has 0 bridgehead atoms. The van der Waals surface area contributed by atoms with Gasteiger partial charge in [0.2, 0.25) is 0 Å². The molecule has 0 saturated carbocycles. The Morgan fingerprint density at radius 3 is 1.12 bits per heavy atom. The molecule has 2 heterocycles. The van der Waals surface area contributed by atoms with Gasteiger partial charge in [0, 0.05) is 26.2 Å². The van der Waals surface area contributed by atoms with Gasteiger partial charge in [0.25, 0.3) is 0 Å². The molecule has 2 saturated heterocycles. The zero-order valence-corrected chi connectivity index (χ0v) is 18.9. The zero-order chi connectivity index (χ0) is 24.9. The van der Waals surface area contributed by atoms with Crippen molar-refractivity contribution in [1.29, 1.82) is 0 Å². The number of nitrogen functional groups attached to an aromatic ring is 2. The van der Waals surface area contributed by atoms with Crippen molar-refractivity contribution in [2.24, 2.45) is 0 Å². The van der Waals surface area contributed by atoms with Crippen molar-refractivity contribution >= 4 is 22.7 Å². The van der Waals surface area contributed by atoms with Gasteiger partial charge in [-0.1, -0.05) is 0 Å². The van der Waals surface area contributed by atoms with Crippen molar-refractivity contribution in [1.82, 2.24) is 0 Å². The molecule has 4 N–H and O–H groups in total. The zero-order valence-electron chi connectivity index (χ0n) is 18.9. The molecule has 34 heavy (non-hydrogen) atoms. The highest BCUT2D eigenvalue weighted by Crippen LogP contribution is 2.36. The standard InChI is InChI=1S/2C12H15F3N2/c2*13-12(14,15)9-4-5-11(10(16)8-9)17-6-2-1-3-7-17/h2*4-5,8H,1-3,6-7,16H2. The Hall–Kier alpha value is -2.78. The average molecular weight is 489 g/mol. The minimum Gasteiger partial charge on any atom is -0.397 e. The summed E-state index contributed by atoms with van der Waals surface area (Å²) in [6.07, 6.45) is -2.01. The Kier molecular flexibility index (Phi) is 8.09. The minimum absolute atomic E-state index is 0.210. The van der Waals surface area contributed by atoms with E-state index in [9.17, 15) is 26.3 Å². The van der Waals surface area contributed by atoms with Crippen LogP contribution in [0.3, 0.4) is 0 Å². The second-order valence-electron chi connectivity index (χ2n) is 8.64. The quantitative estimate of drug-likeness (QED) is 0.372. The summed E-state index contributed by atoms with van der Waals surface area (Å²) >= 11 is 0. The van der Waals surface area contributed by atoms with E-state index in [1.54, 1.807) is 0 Å². The van der Waals surface area contributed by atoms with Crippen LogP contribution in [-0.4, -0.2) is 26.2 Å².